The van der Waals surface area contributed by atoms with Gasteiger partial charge in [0, 0.05) is 31.6 Å². The first kappa shape index (κ1) is 21.0. The molecule has 0 radical (unpaired) electrons. The van der Waals surface area contributed by atoms with Crippen LogP contribution in [0.15, 0.2) is 6.07 Å². The molecule has 0 spiro atoms. The molecule has 1 heterocycles. The Morgan fingerprint density at radius 1 is 1.21 bits per heavy atom. The number of rotatable bonds is 5. The maximum absolute atomic E-state index is 12.3. The van der Waals surface area contributed by atoms with Crippen LogP contribution in [-0.2, 0) is 12.5 Å². The average molecular weight is 357 g/mol. The Bertz CT molecular complexity index is 514. The van der Waals surface area contributed by atoms with Gasteiger partial charge in [-0.3, -0.25) is 9.48 Å². The fourth-order valence-corrected chi connectivity index (χ4v) is 3.07. The zero-order valence-electron chi connectivity index (χ0n) is 15.5. The minimum Gasteiger partial charge on any atom is -0.349 e. The van der Waals surface area contributed by atoms with E-state index in [1.54, 1.807) is 4.68 Å². The lowest BCUT2D eigenvalue weighted by Gasteiger charge is -2.16. The van der Waals surface area contributed by atoms with Crippen LogP contribution in [0.3, 0.4) is 0 Å². The van der Waals surface area contributed by atoms with Crippen LogP contribution in [0.25, 0.3) is 0 Å². The Kier molecular flexibility index (Phi) is 8.23. The molecule has 0 aliphatic heterocycles. The van der Waals surface area contributed by atoms with Crippen LogP contribution in [-0.4, -0.2) is 34.8 Å². The standard InChI is InChI=1S/C18H32N4O.ClH/c1-18(2,3)16-13-15(22(4)21-16)17(23)20-12-11-19-14-9-7-5-6-8-10-14;/h13-14,19H,5-12H2,1-4H3,(H,20,23);1H. The monoisotopic (exact) mass is 356 g/mol. The number of nitrogens with zero attached hydrogens (tertiary/aromatic N) is 2. The van der Waals surface area contributed by atoms with Gasteiger partial charge in [-0.1, -0.05) is 46.5 Å². The van der Waals surface area contributed by atoms with E-state index >= 15 is 0 Å². The lowest BCUT2D eigenvalue weighted by molar-refractivity contribution is 0.0944. The van der Waals surface area contributed by atoms with Gasteiger partial charge in [0.05, 0.1) is 5.69 Å². The fourth-order valence-electron chi connectivity index (χ4n) is 3.07. The second kappa shape index (κ2) is 9.42. The highest BCUT2D eigenvalue weighted by Gasteiger charge is 2.21. The number of hydrogen-bond acceptors (Lipinski definition) is 3. The van der Waals surface area contributed by atoms with E-state index in [0.29, 0.717) is 18.3 Å². The normalized spacial score (nSPS) is 16.3. The third kappa shape index (κ3) is 6.10. The molecule has 0 saturated heterocycles. The number of hydrogen-bond donors (Lipinski definition) is 2. The third-order valence-electron chi connectivity index (χ3n) is 4.58. The number of aromatic nitrogens is 2. The van der Waals surface area contributed by atoms with Crippen molar-refractivity contribution in [2.75, 3.05) is 13.1 Å². The van der Waals surface area contributed by atoms with E-state index in [1.165, 1.54) is 38.5 Å². The van der Waals surface area contributed by atoms with E-state index < -0.39 is 0 Å². The van der Waals surface area contributed by atoms with Gasteiger partial charge >= 0.3 is 0 Å². The SMILES string of the molecule is Cl.Cn1nc(C(C)(C)C)cc1C(=O)NCCNC1CCCCCC1. The molecular formula is C18H33ClN4O. The van der Waals surface area contributed by atoms with E-state index in [-0.39, 0.29) is 23.7 Å². The molecule has 1 saturated carbocycles. The second-order valence-corrected chi connectivity index (χ2v) is 7.69. The van der Waals surface area contributed by atoms with Crippen LogP contribution in [0.2, 0.25) is 0 Å². The molecule has 5 nitrogen and oxygen atoms in total. The molecule has 1 aliphatic carbocycles. The highest BCUT2D eigenvalue weighted by molar-refractivity contribution is 5.92. The van der Waals surface area contributed by atoms with E-state index in [0.717, 1.165) is 12.2 Å². The summed E-state index contributed by atoms with van der Waals surface area (Å²) >= 11 is 0. The Labute approximate surface area is 152 Å². The van der Waals surface area contributed by atoms with Crippen molar-refractivity contribution in [2.45, 2.75) is 70.8 Å². The molecule has 2 rings (SSSR count). The first-order chi connectivity index (χ1) is 10.9. The lowest BCUT2D eigenvalue weighted by Crippen LogP contribution is -2.37. The number of aryl methyl sites for hydroxylation is 1. The van der Waals surface area contributed by atoms with Crippen LogP contribution in [0.1, 0.15) is 75.5 Å². The quantitative estimate of drug-likeness (QED) is 0.629. The van der Waals surface area contributed by atoms with Gasteiger partial charge in [0.2, 0.25) is 0 Å². The van der Waals surface area contributed by atoms with E-state index in [4.69, 9.17) is 0 Å². The Hall–Kier alpha value is -1.07. The number of carbonyl (C=O) groups is 1. The number of nitrogens with one attached hydrogen (secondary N) is 2. The smallest absolute Gasteiger partial charge is 0.269 e. The molecule has 24 heavy (non-hydrogen) atoms. The summed E-state index contributed by atoms with van der Waals surface area (Å²) < 4.78 is 1.68. The van der Waals surface area contributed by atoms with Crippen LogP contribution < -0.4 is 10.6 Å². The van der Waals surface area contributed by atoms with Gasteiger partial charge < -0.3 is 10.6 Å². The van der Waals surface area contributed by atoms with Crippen LogP contribution in [0, 0.1) is 0 Å². The minimum atomic E-state index is -0.0443. The second-order valence-electron chi connectivity index (χ2n) is 7.69. The molecule has 1 fully saturated rings. The van der Waals surface area contributed by atoms with Crippen LogP contribution in [0.4, 0.5) is 0 Å². The predicted molar refractivity (Wildman–Crippen MR) is 101 cm³/mol. The van der Waals surface area contributed by atoms with E-state index in [1.807, 2.05) is 13.1 Å². The maximum Gasteiger partial charge on any atom is 0.269 e. The van der Waals surface area contributed by atoms with Gasteiger partial charge in [0.25, 0.3) is 5.91 Å². The van der Waals surface area contributed by atoms with Crippen LogP contribution >= 0.6 is 12.4 Å². The van der Waals surface area contributed by atoms with Crippen molar-refractivity contribution < 1.29 is 4.79 Å². The summed E-state index contributed by atoms with van der Waals surface area (Å²) in [7, 11) is 1.83. The van der Waals surface area contributed by atoms with Gasteiger partial charge in [-0.15, -0.1) is 12.4 Å². The summed E-state index contributed by atoms with van der Waals surface area (Å²) in [6.07, 6.45) is 7.93. The molecule has 0 aromatic carbocycles. The minimum absolute atomic E-state index is 0. The average Bonchev–Trinajstić information content (AvgIpc) is 2.71. The molecule has 1 aliphatic rings. The summed E-state index contributed by atoms with van der Waals surface area (Å²) in [4.78, 5) is 12.3. The molecule has 2 N–H and O–H groups in total. The van der Waals surface area contributed by atoms with Crippen molar-refractivity contribution in [3.8, 4) is 0 Å². The zero-order chi connectivity index (χ0) is 16.9. The molecule has 138 valence electrons. The summed E-state index contributed by atoms with van der Waals surface area (Å²) in [6.45, 7) is 7.81. The maximum atomic E-state index is 12.3. The van der Waals surface area contributed by atoms with Crippen molar-refractivity contribution in [3.63, 3.8) is 0 Å². The molecular weight excluding hydrogens is 324 g/mol. The van der Waals surface area contributed by atoms with Gasteiger partial charge in [0.15, 0.2) is 0 Å². The summed E-state index contributed by atoms with van der Waals surface area (Å²) in [5, 5.41) is 11.0. The van der Waals surface area contributed by atoms with Crippen molar-refractivity contribution in [1.29, 1.82) is 0 Å². The molecule has 1 aromatic rings. The number of carbonyl (C=O) groups excluding carboxylic acids is 1. The molecule has 1 aromatic heterocycles. The Morgan fingerprint density at radius 2 is 1.83 bits per heavy atom. The van der Waals surface area contributed by atoms with Crippen LogP contribution in [0.5, 0.6) is 0 Å². The number of amides is 1. The summed E-state index contributed by atoms with van der Waals surface area (Å²) in [5.74, 6) is -0.0434. The largest absolute Gasteiger partial charge is 0.349 e. The molecule has 6 heteroatoms. The highest BCUT2D eigenvalue weighted by atomic mass is 35.5. The summed E-state index contributed by atoms with van der Waals surface area (Å²) in [5.41, 5.74) is 1.53. The van der Waals surface area contributed by atoms with Gasteiger partial charge in [-0.25, -0.2) is 0 Å². The highest BCUT2D eigenvalue weighted by Crippen LogP contribution is 2.21. The molecule has 0 atom stereocenters. The number of halogens is 1. The van der Waals surface area contributed by atoms with Crippen molar-refractivity contribution in [1.82, 2.24) is 20.4 Å². The van der Waals surface area contributed by atoms with E-state index in [9.17, 15) is 4.79 Å². The van der Waals surface area contributed by atoms with E-state index in [2.05, 4.69) is 36.5 Å². The lowest BCUT2D eigenvalue weighted by atomic mass is 9.92. The topological polar surface area (TPSA) is 59.0 Å². The molecule has 1 amide bonds. The van der Waals surface area contributed by atoms with Crippen molar-refractivity contribution in [2.24, 2.45) is 7.05 Å². The van der Waals surface area contributed by atoms with Gasteiger partial charge in [0.1, 0.15) is 5.69 Å². The predicted octanol–water partition coefficient (Wildman–Crippen LogP) is 3.18. The summed E-state index contributed by atoms with van der Waals surface area (Å²) in [6, 6.07) is 2.52. The van der Waals surface area contributed by atoms with Crippen molar-refractivity contribution >= 4 is 18.3 Å². The Morgan fingerprint density at radius 3 is 2.38 bits per heavy atom. The fraction of sp³-hybridized carbons (Fsp3) is 0.778. The molecule has 0 unspecified atom stereocenters. The first-order valence-corrected chi connectivity index (χ1v) is 8.94. The van der Waals surface area contributed by atoms with Gasteiger partial charge in [-0.05, 0) is 18.9 Å². The van der Waals surface area contributed by atoms with Gasteiger partial charge in [-0.2, -0.15) is 5.10 Å². The first-order valence-electron chi connectivity index (χ1n) is 8.94. The Balaban J connectivity index is 0.00000288. The third-order valence-corrected chi connectivity index (χ3v) is 4.58. The zero-order valence-corrected chi connectivity index (χ0v) is 16.3. The van der Waals surface area contributed by atoms with Crippen molar-refractivity contribution in [3.05, 3.63) is 17.5 Å². The molecule has 0 bridgehead atoms.